The molecule has 10 nitrogen and oxygen atoms in total. The molecule has 6 rings (SSSR count). The Morgan fingerprint density at radius 3 is 2.65 bits per heavy atom. The van der Waals surface area contributed by atoms with Gasteiger partial charge in [0, 0.05) is 24.8 Å². The van der Waals surface area contributed by atoms with Crippen LogP contribution in [0, 0.1) is 23.1 Å². The molecule has 2 saturated carbocycles. The standard InChI is InChI=1S/C33H41FN4O6S.ClH/c1-3-25-30(36-27-15-22(34)11-14-26(27)35-25)44-23-16-28-29(39)18-33(32(41)37-45(42,43)24-12-13-24)17-21(33)10-8-6-4-5-7-9-20(2)31(40)38(28)19-23;/h8,10-11,14-15,20-21,23-24,28H,3-7,9,12-13,16-19H2,1-2H3,(H,37,41);1H/b10-8-;/t20-,21+,23+,28-,33+;/m0./s1. The number of aryl methyl sites for hydroxylation is 1. The minimum absolute atomic E-state index is 0. The summed E-state index contributed by atoms with van der Waals surface area (Å²) in [6.07, 6.45) is 9.66. The van der Waals surface area contributed by atoms with Crippen molar-refractivity contribution in [1.29, 1.82) is 0 Å². The third kappa shape index (κ3) is 7.07. The first kappa shape index (κ1) is 34.2. The number of fused-ring (bicyclic) bond motifs is 3. The number of sulfonamides is 1. The molecule has 0 spiro atoms. The van der Waals surface area contributed by atoms with Gasteiger partial charge in [-0.15, -0.1) is 12.4 Å². The van der Waals surface area contributed by atoms with Crippen LogP contribution in [-0.2, 0) is 30.8 Å². The molecule has 1 N–H and O–H groups in total. The van der Waals surface area contributed by atoms with Gasteiger partial charge in [0.25, 0.3) is 0 Å². The van der Waals surface area contributed by atoms with E-state index in [1.165, 1.54) is 12.1 Å². The first-order valence-electron chi connectivity index (χ1n) is 16.2. The molecule has 1 aromatic heterocycles. The van der Waals surface area contributed by atoms with Crippen LogP contribution < -0.4 is 9.46 Å². The number of allylic oxidation sites excluding steroid dienone is 2. The van der Waals surface area contributed by atoms with Gasteiger partial charge in [0.05, 0.1) is 34.3 Å². The van der Waals surface area contributed by atoms with Crippen LogP contribution in [-0.4, -0.2) is 64.8 Å². The van der Waals surface area contributed by atoms with Crippen molar-refractivity contribution >= 4 is 51.1 Å². The van der Waals surface area contributed by atoms with Crippen LogP contribution in [0.25, 0.3) is 11.0 Å². The lowest BCUT2D eigenvalue weighted by Gasteiger charge is -2.27. The van der Waals surface area contributed by atoms with Gasteiger partial charge in [0.2, 0.25) is 27.7 Å². The third-order valence-electron chi connectivity index (χ3n) is 9.76. The van der Waals surface area contributed by atoms with Crippen molar-refractivity contribution in [3.05, 3.63) is 41.9 Å². The van der Waals surface area contributed by atoms with Crippen molar-refractivity contribution < 1.29 is 31.9 Å². The summed E-state index contributed by atoms with van der Waals surface area (Å²) in [5.41, 5.74) is 0.305. The van der Waals surface area contributed by atoms with Crippen molar-refractivity contribution in [2.45, 2.75) is 102 Å². The Morgan fingerprint density at radius 2 is 1.91 bits per heavy atom. The van der Waals surface area contributed by atoms with Gasteiger partial charge in [0.15, 0.2) is 5.78 Å². The number of nitrogens with zero attached hydrogens (tertiary/aromatic N) is 3. The van der Waals surface area contributed by atoms with Crippen molar-refractivity contribution in [2.24, 2.45) is 17.3 Å². The highest BCUT2D eigenvalue weighted by molar-refractivity contribution is 7.90. The Bertz CT molecular complexity index is 1650. The molecule has 46 heavy (non-hydrogen) atoms. The fourth-order valence-electron chi connectivity index (χ4n) is 6.77. The van der Waals surface area contributed by atoms with Crippen molar-refractivity contribution in [3.63, 3.8) is 0 Å². The van der Waals surface area contributed by atoms with Gasteiger partial charge < -0.3 is 9.64 Å². The number of aromatic nitrogens is 2. The van der Waals surface area contributed by atoms with Crippen LogP contribution in [0.15, 0.2) is 30.4 Å². The Hall–Kier alpha value is -3.12. The molecule has 3 heterocycles. The zero-order chi connectivity index (χ0) is 31.9. The second-order valence-electron chi connectivity index (χ2n) is 13.2. The molecular weight excluding hydrogens is 635 g/mol. The van der Waals surface area contributed by atoms with Gasteiger partial charge in [-0.05, 0) is 63.0 Å². The number of halogens is 2. The molecule has 2 amide bonds. The number of ketones is 1. The fraction of sp³-hybridized carbons (Fsp3) is 0.606. The van der Waals surface area contributed by atoms with Crippen LogP contribution in [0.2, 0.25) is 0 Å². The lowest BCUT2D eigenvalue weighted by molar-refractivity contribution is -0.141. The molecular formula is C33H42ClFN4O6S. The van der Waals surface area contributed by atoms with Crippen LogP contribution >= 0.6 is 12.4 Å². The Morgan fingerprint density at radius 1 is 1.13 bits per heavy atom. The zero-order valence-corrected chi connectivity index (χ0v) is 27.9. The average Bonchev–Trinajstić information content (AvgIpc) is 3.92. The van der Waals surface area contributed by atoms with Gasteiger partial charge in [-0.2, -0.15) is 0 Å². The number of carbonyl (C=O) groups is 3. The van der Waals surface area contributed by atoms with Gasteiger partial charge in [-0.25, -0.2) is 22.8 Å². The van der Waals surface area contributed by atoms with Gasteiger partial charge in [0.1, 0.15) is 17.6 Å². The average molecular weight is 677 g/mol. The summed E-state index contributed by atoms with van der Waals surface area (Å²) in [6.45, 7) is 3.95. The number of Topliss-reactive ketones (excluding diaryl/α,β-unsaturated/α-hetero) is 1. The van der Waals surface area contributed by atoms with E-state index < -0.39 is 44.6 Å². The quantitative estimate of drug-likeness (QED) is 0.430. The summed E-state index contributed by atoms with van der Waals surface area (Å²) in [6, 6.07) is 3.34. The van der Waals surface area contributed by atoms with E-state index in [0.717, 1.165) is 25.7 Å². The smallest absolute Gasteiger partial charge is 0.240 e. The topological polar surface area (TPSA) is 136 Å². The van der Waals surface area contributed by atoms with Crippen LogP contribution in [0.1, 0.15) is 83.7 Å². The largest absolute Gasteiger partial charge is 0.471 e. The Kier molecular flexibility index (Phi) is 10.1. The predicted molar refractivity (Wildman–Crippen MR) is 172 cm³/mol. The van der Waals surface area contributed by atoms with E-state index in [0.29, 0.717) is 48.8 Å². The second-order valence-corrected chi connectivity index (χ2v) is 15.2. The summed E-state index contributed by atoms with van der Waals surface area (Å²) in [7, 11) is -3.79. The summed E-state index contributed by atoms with van der Waals surface area (Å²) in [5, 5.41) is -0.561. The molecule has 4 aliphatic rings. The number of hydrogen-bond acceptors (Lipinski definition) is 8. The molecule has 1 saturated heterocycles. The summed E-state index contributed by atoms with van der Waals surface area (Å²) in [4.78, 5) is 52.2. The van der Waals surface area contributed by atoms with Gasteiger partial charge in [-0.3, -0.25) is 19.1 Å². The van der Waals surface area contributed by atoms with Crippen molar-refractivity contribution in [3.8, 4) is 5.88 Å². The fourth-order valence-corrected chi connectivity index (χ4v) is 8.16. The second kappa shape index (κ2) is 13.5. The van der Waals surface area contributed by atoms with Crippen LogP contribution in [0.4, 0.5) is 4.39 Å². The number of ether oxygens (including phenoxy) is 1. The van der Waals surface area contributed by atoms with E-state index in [9.17, 15) is 27.2 Å². The minimum Gasteiger partial charge on any atom is -0.471 e. The van der Waals surface area contributed by atoms with Gasteiger partial charge in [-0.1, -0.05) is 38.8 Å². The highest BCUT2D eigenvalue weighted by Crippen LogP contribution is 2.57. The summed E-state index contributed by atoms with van der Waals surface area (Å²) >= 11 is 0. The summed E-state index contributed by atoms with van der Waals surface area (Å²) in [5.74, 6) is -1.82. The number of rotatable bonds is 6. The van der Waals surface area contributed by atoms with Crippen molar-refractivity contribution in [2.75, 3.05) is 6.54 Å². The third-order valence-corrected chi connectivity index (χ3v) is 11.6. The van der Waals surface area contributed by atoms with E-state index in [2.05, 4.69) is 14.7 Å². The molecule has 2 aliphatic carbocycles. The molecule has 0 bridgehead atoms. The summed E-state index contributed by atoms with van der Waals surface area (Å²) < 4.78 is 47.9. The molecule has 5 atom stereocenters. The molecule has 2 aromatic rings. The molecule has 0 unspecified atom stereocenters. The number of nitrogens with one attached hydrogen (secondary N) is 1. The zero-order valence-electron chi connectivity index (χ0n) is 26.2. The predicted octanol–water partition coefficient (Wildman–Crippen LogP) is 4.83. The maximum atomic E-state index is 14.1. The number of hydrogen-bond donors (Lipinski definition) is 1. The first-order valence-corrected chi connectivity index (χ1v) is 17.7. The molecule has 2 aliphatic heterocycles. The van der Waals surface area contributed by atoms with E-state index in [1.807, 2.05) is 26.0 Å². The molecule has 3 fully saturated rings. The van der Waals surface area contributed by atoms with Crippen molar-refractivity contribution in [1.82, 2.24) is 19.6 Å². The lowest BCUT2D eigenvalue weighted by Crippen LogP contribution is -2.46. The monoisotopic (exact) mass is 676 g/mol. The maximum Gasteiger partial charge on any atom is 0.240 e. The van der Waals surface area contributed by atoms with E-state index in [4.69, 9.17) is 4.74 Å². The Balaban J connectivity index is 0.00000417. The number of amides is 2. The van der Waals surface area contributed by atoms with Crippen LogP contribution in [0.3, 0.4) is 0 Å². The minimum atomic E-state index is -3.79. The lowest BCUT2D eigenvalue weighted by atomic mass is 9.91. The normalized spacial score (nSPS) is 29.5. The van der Waals surface area contributed by atoms with E-state index in [-0.39, 0.29) is 61.2 Å². The highest BCUT2D eigenvalue weighted by atomic mass is 35.5. The number of carbonyl (C=O) groups excluding carboxylic acids is 3. The Labute approximate surface area is 275 Å². The first-order chi connectivity index (χ1) is 21.5. The number of benzene rings is 1. The van der Waals surface area contributed by atoms with E-state index >= 15 is 0 Å². The maximum absolute atomic E-state index is 14.1. The molecule has 1 aromatic carbocycles. The van der Waals surface area contributed by atoms with E-state index in [1.54, 1.807) is 11.0 Å². The van der Waals surface area contributed by atoms with Crippen LogP contribution in [0.5, 0.6) is 5.88 Å². The molecule has 250 valence electrons. The molecule has 13 heteroatoms. The SMILES string of the molecule is CCc1nc2ccc(F)cc2nc1O[C@@H]1C[C@H]2C(=O)C[C@]3(C(=O)NS(=O)(=O)C4CC4)C[C@H]3/C=C\CCCCC[C@H](C)C(=O)N2C1.Cl. The molecule has 0 radical (unpaired) electrons. The van der Waals surface area contributed by atoms with Gasteiger partial charge >= 0.3 is 0 Å². The highest BCUT2D eigenvalue weighted by Gasteiger charge is 2.61.